The second-order valence-corrected chi connectivity index (χ2v) is 7.11. The lowest BCUT2D eigenvalue weighted by Gasteiger charge is -2.35. The second-order valence-electron chi connectivity index (χ2n) is 5.40. The van der Waals surface area contributed by atoms with Gasteiger partial charge in [-0.3, -0.25) is 9.58 Å². The quantitative estimate of drug-likeness (QED) is 0.879. The first-order valence-corrected chi connectivity index (χ1v) is 8.12. The molecule has 2 rings (SSSR count). The number of sulfonamides is 1. The summed E-state index contributed by atoms with van der Waals surface area (Å²) in [5, 5.41) is 3.91. The molecule has 1 aromatic rings. The van der Waals surface area contributed by atoms with Crippen molar-refractivity contribution < 1.29 is 8.42 Å². The number of piperidine rings is 1. The van der Waals surface area contributed by atoms with Crippen LogP contribution in [-0.4, -0.2) is 48.3 Å². The highest BCUT2D eigenvalue weighted by atomic mass is 32.2. The van der Waals surface area contributed by atoms with Crippen molar-refractivity contribution in [3.63, 3.8) is 0 Å². The van der Waals surface area contributed by atoms with Crippen LogP contribution in [0.25, 0.3) is 0 Å². The molecule has 1 aliphatic heterocycles. The van der Waals surface area contributed by atoms with Crippen molar-refractivity contribution in [1.82, 2.24) is 19.4 Å². The molecule has 0 amide bonds. The number of hydrogen-bond acceptors (Lipinski definition) is 4. The third-order valence-corrected chi connectivity index (χ3v) is 4.97. The summed E-state index contributed by atoms with van der Waals surface area (Å²) in [6, 6.07) is 0.437. The molecule has 1 saturated heterocycles. The van der Waals surface area contributed by atoms with Gasteiger partial charge in [-0.05, 0) is 33.2 Å². The van der Waals surface area contributed by atoms with Crippen LogP contribution >= 0.6 is 0 Å². The third-order valence-electron chi connectivity index (χ3n) is 3.50. The van der Waals surface area contributed by atoms with Crippen LogP contribution in [0.4, 0.5) is 0 Å². The summed E-state index contributed by atoms with van der Waals surface area (Å²) in [7, 11) is -1.74. The smallest absolute Gasteiger partial charge is 0.243 e. The normalized spacial score (nSPS) is 22.0. The van der Waals surface area contributed by atoms with Gasteiger partial charge in [0.15, 0.2) is 0 Å². The standard InChI is InChI=1S/C12H22N4O2S/c1-10(2)16-6-4-5-11(8-16)14-19(17,18)12-7-13-15(3)9-12/h7,9-11,14H,4-6,8H2,1-3H3. The molecular weight excluding hydrogens is 264 g/mol. The SMILES string of the molecule is CC(C)N1CCCC(NS(=O)(=O)c2cnn(C)c2)C1. The van der Waals surface area contributed by atoms with Crippen LogP contribution < -0.4 is 4.72 Å². The fourth-order valence-corrected chi connectivity index (χ4v) is 3.64. The Morgan fingerprint density at radius 2 is 2.21 bits per heavy atom. The summed E-state index contributed by atoms with van der Waals surface area (Å²) in [6.45, 7) is 6.09. The number of nitrogens with one attached hydrogen (secondary N) is 1. The van der Waals surface area contributed by atoms with Crippen molar-refractivity contribution in [3.05, 3.63) is 12.4 Å². The number of rotatable bonds is 4. The molecule has 1 aliphatic rings. The van der Waals surface area contributed by atoms with E-state index in [2.05, 4.69) is 28.6 Å². The van der Waals surface area contributed by atoms with Crippen LogP contribution in [0, 0.1) is 0 Å². The molecule has 1 atom stereocenters. The van der Waals surface area contributed by atoms with Gasteiger partial charge >= 0.3 is 0 Å². The maximum atomic E-state index is 12.2. The predicted octanol–water partition coefficient (Wildman–Crippen LogP) is 0.571. The highest BCUT2D eigenvalue weighted by Gasteiger charge is 2.26. The van der Waals surface area contributed by atoms with Crippen molar-refractivity contribution >= 4 is 10.0 Å². The number of nitrogens with zero attached hydrogens (tertiary/aromatic N) is 3. The van der Waals surface area contributed by atoms with E-state index in [4.69, 9.17) is 0 Å². The molecule has 0 aliphatic carbocycles. The van der Waals surface area contributed by atoms with Crippen molar-refractivity contribution in [3.8, 4) is 0 Å². The van der Waals surface area contributed by atoms with Crippen LogP contribution in [-0.2, 0) is 17.1 Å². The molecule has 0 aromatic carbocycles. The van der Waals surface area contributed by atoms with E-state index in [0.29, 0.717) is 6.04 Å². The number of aromatic nitrogens is 2. The summed E-state index contributed by atoms with van der Waals surface area (Å²) in [5.41, 5.74) is 0. The van der Waals surface area contributed by atoms with E-state index in [9.17, 15) is 8.42 Å². The van der Waals surface area contributed by atoms with E-state index in [1.807, 2.05) is 0 Å². The molecule has 0 bridgehead atoms. The lowest BCUT2D eigenvalue weighted by atomic mass is 10.1. The molecule has 1 unspecified atom stereocenters. The van der Waals surface area contributed by atoms with Gasteiger partial charge in [-0.15, -0.1) is 0 Å². The zero-order valence-electron chi connectivity index (χ0n) is 11.7. The number of aryl methyl sites for hydroxylation is 1. The Balaban J connectivity index is 2.04. The van der Waals surface area contributed by atoms with Crippen LogP contribution in [0.15, 0.2) is 17.3 Å². The second kappa shape index (κ2) is 5.60. The fourth-order valence-electron chi connectivity index (χ4n) is 2.40. The average molecular weight is 286 g/mol. The molecule has 0 radical (unpaired) electrons. The maximum absolute atomic E-state index is 12.2. The minimum absolute atomic E-state index is 0.0126. The van der Waals surface area contributed by atoms with E-state index < -0.39 is 10.0 Å². The molecule has 108 valence electrons. The van der Waals surface area contributed by atoms with Crippen LogP contribution in [0.5, 0.6) is 0 Å². The Bertz CT molecular complexity index is 524. The van der Waals surface area contributed by atoms with E-state index in [1.54, 1.807) is 7.05 Å². The molecule has 2 heterocycles. The Morgan fingerprint density at radius 3 is 2.79 bits per heavy atom. The minimum Gasteiger partial charge on any atom is -0.299 e. The predicted molar refractivity (Wildman–Crippen MR) is 73.3 cm³/mol. The molecule has 6 nitrogen and oxygen atoms in total. The molecule has 1 fully saturated rings. The number of hydrogen-bond donors (Lipinski definition) is 1. The molecule has 1 aromatic heterocycles. The van der Waals surface area contributed by atoms with Gasteiger partial charge < -0.3 is 0 Å². The van der Waals surface area contributed by atoms with Crippen molar-refractivity contribution in [2.75, 3.05) is 13.1 Å². The Hall–Kier alpha value is -0.920. The van der Waals surface area contributed by atoms with E-state index in [1.165, 1.54) is 17.1 Å². The van der Waals surface area contributed by atoms with Gasteiger partial charge in [0.05, 0.1) is 6.20 Å². The first-order valence-electron chi connectivity index (χ1n) is 6.63. The fraction of sp³-hybridized carbons (Fsp3) is 0.750. The van der Waals surface area contributed by atoms with Gasteiger partial charge in [-0.2, -0.15) is 5.10 Å². The Morgan fingerprint density at radius 1 is 1.47 bits per heavy atom. The minimum atomic E-state index is -3.45. The van der Waals surface area contributed by atoms with Gasteiger partial charge in [0, 0.05) is 31.9 Å². The third kappa shape index (κ3) is 3.55. The van der Waals surface area contributed by atoms with Gasteiger partial charge in [0.2, 0.25) is 10.0 Å². The van der Waals surface area contributed by atoms with Crippen molar-refractivity contribution in [2.24, 2.45) is 7.05 Å². The van der Waals surface area contributed by atoms with E-state index in [0.717, 1.165) is 25.9 Å². The lowest BCUT2D eigenvalue weighted by molar-refractivity contribution is 0.163. The highest BCUT2D eigenvalue weighted by molar-refractivity contribution is 7.89. The molecule has 0 spiro atoms. The first-order chi connectivity index (χ1) is 8.88. The number of likely N-dealkylation sites (tertiary alicyclic amines) is 1. The van der Waals surface area contributed by atoms with E-state index >= 15 is 0 Å². The van der Waals surface area contributed by atoms with Crippen molar-refractivity contribution in [1.29, 1.82) is 0 Å². The van der Waals surface area contributed by atoms with E-state index in [-0.39, 0.29) is 10.9 Å². The molecule has 19 heavy (non-hydrogen) atoms. The Labute approximate surface area is 114 Å². The molecule has 7 heteroatoms. The van der Waals surface area contributed by atoms with Crippen molar-refractivity contribution in [2.45, 2.75) is 43.7 Å². The summed E-state index contributed by atoms with van der Waals surface area (Å²) in [6.07, 6.45) is 4.82. The summed E-state index contributed by atoms with van der Waals surface area (Å²) < 4.78 is 28.7. The van der Waals surface area contributed by atoms with Gasteiger partial charge in [-0.25, -0.2) is 13.1 Å². The first kappa shape index (κ1) is 14.5. The Kier molecular flexibility index (Phi) is 4.27. The zero-order valence-corrected chi connectivity index (χ0v) is 12.5. The lowest BCUT2D eigenvalue weighted by Crippen LogP contribution is -2.49. The van der Waals surface area contributed by atoms with Crippen LogP contribution in [0.3, 0.4) is 0 Å². The van der Waals surface area contributed by atoms with Crippen LogP contribution in [0.2, 0.25) is 0 Å². The summed E-state index contributed by atoms with van der Waals surface area (Å²) in [5.74, 6) is 0. The summed E-state index contributed by atoms with van der Waals surface area (Å²) >= 11 is 0. The monoisotopic (exact) mass is 286 g/mol. The highest BCUT2D eigenvalue weighted by Crippen LogP contribution is 2.15. The van der Waals surface area contributed by atoms with Crippen LogP contribution in [0.1, 0.15) is 26.7 Å². The molecule has 1 N–H and O–H groups in total. The molecular formula is C12H22N4O2S. The maximum Gasteiger partial charge on any atom is 0.243 e. The van der Waals surface area contributed by atoms with Gasteiger partial charge in [0.25, 0.3) is 0 Å². The average Bonchev–Trinajstić information content (AvgIpc) is 2.76. The largest absolute Gasteiger partial charge is 0.299 e. The zero-order chi connectivity index (χ0) is 14.0. The topological polar surface area (TPSA) is 67.2 Å². The van der Waals surface area contributed by atoms with Gasteiger partial charge in [0.1, 0.15) is 4.90 Å². The van der Waals surface area contributed by atoms with Gasteiger partial charge in [-0.1, -0.05) is 0 Å². The summed E-state index contributed by atoms with van der Waals surface area (Å²) in [4.78, 5) is 2.54. The molecule has 0 saturated carbocycles.